The molecule has 0 fully saturated rings. The van der Waals surface area contributed by atoms with Crippen LogP contribution in [0.15, 0.2) is 42.5 Å². The van der Waals surface area contributed by atoms with Crippen molar-refractivity contribution in [2.75, 3.05) is 7.11 Å². The number of ether oxygens (including phenoxy) is 1. The fraction of sp³-hybridized carbons (Fsp3) is 0.235. The van der Waals surface area contributed by atoms with E-state index in [0.717, 1.165) is 34.7 Å². The zero-order chi connectivity index (χ0) is 14.8. The van der Waals surface area contributed by atoms with E-state index in [4.69, 9.17) is 9.72 Å². The molecule has 1 heterocycles. The number of aryl methyl sites for hydroxylation is 1. The van der Waals surface area contributed by atoms with E-state index >= 15 is 0 Å². The van der Waals surface area contributed by atoms with Gasteiger partial charge in [0.05, 0.1) is 18.1 Å². The summed E-state index contributed by atoms with van der Waals surface area (Å²) in [5, 5.41) is 9.58. The smallest absolute Gasteiger partial charge is 0.121 e. The van der Waals surface area contributed by atoms with Crippen LogP contribution < -0.4 is 4.74 Å². The van der Waals surface area contributed by atoms with Crippen LogP contribution in [0.5, 0.6) is 11.5 Å². The van der Waals surface area contributed by atoms with Gasteiger partial charge in [-0.3, -0.25) is 0 Å². The predicted octanol–water partition coefficient (Wildman–Crippen LogP) is 3.36. The van der Waals surface area contributed by atoms with Gasteiger partial charge in [-0.1, -0.05) is 12.1 Å². The number of fused-ring (bicyclic) bond motifs is 1. The molecule has 0 saturated heterocycles. The summed E-state index contributed by atoms with van der Waals surface area (Å²) < 4.78 is 7.45. The third-order valence-electron chi connectivity index (χ3n) is 3.62. The van der Waals surface area contributed by atoms with Crippen LogP contribution in [0.25, 0.3) is 11.0 Å². The molecule has 0 unspecified atom stereocenters. The van der Waals surface area contributed by atoms with Gasteiger partial charge in [0.15, 0.2) is 0 Å². The van der Waals surface area contributed by atoms with Gasteiger partial charge in [-0.25, -0.2) is 4.98 Å². The third kappa shape index (κ3) is 2.57. The van der Waals surface area contributed by atoms with Crippen molar-refractivity contribution in [3.63, 3.8) is 0 Å². The summed E-state index contributed by atoms with van der Waals surface area (Å²) in [6.45, 7) is 2.97. The molecule has 4 heteroatoms. The van der Waals surface area contributed by atoms with E-state index in [-0.39, 0.29) is 5.75 Å². The van der Waals surface area contributed by atoms with Crippen molar-refractivity contribution >= 4 is 11.0 Å². The molecular formula is C17H18N2O2. The van der Waals surface area contributed by atoms with E-state index in [1.54, 1.807) is 19.2 Å². The molecule has 0 spiro atoms. The fourth-order valence-corrected chi connectivity index (χ4v) is 2.62. The van der Waals surface area contributed by atoms with E-state index in [9.17, 15) is 5.11 Å². The first-order chi connectivity index (χ1) is 10.2. The monoisotopic (exact) mass is 282 g/mol. The Labute approximate surface area is 123 Å². The van der Waals surface area contributed by atoms with Gasteiger partial charge in [-0.05, 0) is 36.8 Å². The van der Waals surface area contributed by atoms with Crippen LogP contribution in [-0.4, -0.2) is 21.8 Å². The minimum absolute atomic E-state index is 0.285. The first-order valence-corrected chi connectivity index (χ1v) is 7.02. The van der Waals surface area contributed by atoms with Crippen LogP contribution >= 0.6 is 0 Å². The van der Waals surface area contributed by atoms with Crippen molar-refractivity contribution < 1.29 is 9.84 Å². The molecule has 0 saturated carbocycles. The summed E-state index contributed by atoms with van der Waals surface area (Å²) in [7, 11) is 1.66. The topological polar surface area (TPSA) is 47.3 Å². The van der Waals surface area contributed by atoms with E-state index in [0.29, 0.717) is 6.42 Å². The average molecular weight is 282 g/mol. The number of aromatic hydroxyl groups is 1. The van der Waals surface area contributed by atoms with Crippen LogP contribution in [0.4, 0.5) is 0 Å². The Balaban J connectivity index is 2.05. The summed E-state index contributed by atoms with van der Waals surface area (Å²) in [6, 6.07) is 13.3. The molecule has 0 bridgehead atoms. The highest BCUT2D eigenvalue weighted by molar-refractivity contribution is 5.78. The summed E-state index contributed by atoms with van der Waals surface area (Å²) in [5.74, 6) is 2.09. The average Bonchev–Trinajstić information content (AvgIpc) is 2.83. The first kappa shape index (κ1) is 13.5. The number of benzene rings is 2. The minimum Gasteiger partial charge on any atom is -0.508 e. The first-order valence-electron chi connectivity index (χ1n) is 7.02. The molecule has 1 aromatic heterocycles. The second kappa shape index (κ2) is 5.48. The number of hydrogen-bond donors (Lipinski definition) is 1. The number of rotatable bonds is 4. The van der Waals surface area contributed by atoms with Crippen LogP contribution in [-0.2, 0) is 13.0 Å². The maximum Gasteiger partial charge on any atom is 0.121 e. The second-order valence-corrected chi connectivity index (χ2v) is 4.97. The van der Waals surface area contributed by atoms with Crippen molar-refractivity contribution in [3.05, 3.63) is 53.9 Å². The zero-order valence-corrected chi connectivity index (χ0v) is 12.2. The summed E-state index contributed by atoms with van der Waals surface area (Å²) >= 11 is 0. The Hall–Kier alpha value is -2.49. The highest BCUT2D eigenvalue weighted by Crippen LogP contribution is 2.23. The maximum atomic E-state index is 9.58. The Kier molecular flexibility index (Phi) is 3.52. The van der Waals surface area contributed by atoms with Gasteiger partial charge in [0.1, 0.15) is 17.3 Å². The highest BCUT2D eigenvalue weighted by atomic mass is 16.5. The van der Waals surface area contributed by atoms with E-state index < -0.39 is 0 Å². The molecule has 1 N–H and O–H groups in total. The molecule has 2 aromatic carbocycles. The second-order valence-electron chi connectivity index (χ2n) is 4.97. The number of phenols is 1. The number of aromatic nitrogens is 2. The quantitative estimate of drug-likeness (QED) is 0.798. The molecule has 0 aliphatic rings. The lowest BCUT2D eigenvalue weighted by Crippen LogP contribution is -2.02. The van der Waals surface area contributed by atoms with Gasteiger partial charge in [-0.15, -0.1) is 0 Å². The van der Waals surface area contributed by atoms with Crippen molar-refractivity contribution in [1.29, 1.82) is 0 Å². The molecule has 0 aliphatic heterocycles. The molecular weight excluding hydrogens is 264 g/mol. The van der Waals surface area contributed by atoms with Crippen LogP contribution in [0, 0.1) is 0 Å². The van der Waals surface area contributed by atoms with Crippen molar-refractivity contribution in [1.82, 2.24) is 9.55 Å². The van der Waals surface area contributed by atoms with Crippen LogP contribution in [0.2, 0.25) is 0 Å². The SMILES string of the molecule is CCn1c(Cc2cccc(O)c2)nc2cc(OC)ccc21. The lowest BCUT2D eigenvalue weighted by atomic mass is 10.1. The molecule has 3 aromatic rings. The summed E-state index contributed by atoms with van der Waals surface area (Å²) in [4.78, 5) is 4.72. The minimum atomic E-state index is 0.285. The molecule has 0 radical (unpaired) electrons. The number of hydrogen-bond acceptors (Lipinski definition) is 3. The van der Waals surface area contributed by atoms with Crippen LogP contribution in [0.1, 0.15) is 18.3 Å². The van der Waals surface area contributed by atoms with Crippen LogP contribution in [0.3, 0.4) is 0 Å². The number of nitrogens with zero attached hydrogens (tertiary/aromatic N) is 2. The fourth-order valence-electron chi connectivity index (χ4n) is 2.62. The zero-order valence-electron chi connectivity index (χ0n) is 12.2. The molecule has 3 rings (SSSR count). The summed E-state index contributed by atoms with van der Waals surface area (Å²) in [6.07, 6.45) is 0.694. The number of imidazole rings is 1. The predicted molar refractivity (Wildman–Crippen MR) is 82.9 cm³/mol. The van der Waals surface area contributed by atoms with E-state index in [2.05, 4.69) is 11.5 Å². The highest BCUT2D eigenvalue weighted by Gasteiger charge is 2.11. The third-order valence-corrected chi connectivity index (χ3v) is 3.62. The lowest BCUT2D eigenvalue weighted by molar-refractivity contribution is 0.415. The lowest BCUT2D eigenvalue weighted by Gasteiger charge is -2.06. The normalized spacial score (nSPS) is 11.0. The van der Waals surface area contributed by atoms with Gasteiger partial charge < -0.3 is 14.4 Å². The molecule has 0 aliphatic carbocycles. The van der Waals surface area contributed by atoms with E-state index in [1.807, 2.05) is 30.3 Å². The van der Waals surface area contributed by atoms with Gasteiger partial charge in [0, 0.05) is 19.0 Å². The van der Waals surface area contributed by atoms with Crippen molar-refractivity contribution in [3.8, 4) is 11.5 Å². The Bertz CT molecular complexity index is 778. The standard InChI is InChI=1S/C17H18N2O2/c1-3-19-16-8-7-14(21-2)11-15(16)18-17(19)10-12-5-4-6-13(20)9-12/h4-9,11,20H,3,10H2,1-2H3. The molecule has 0 amide bonds. The number of methoxy groups -OCH3 is 1. The van der Waals surface area contributed by atoms with Gasteiger partial charge in [-0.2, -0.15) is 0 Å². The van der Waals surface area contributed by atoms with Gasteiger partial charge in [0.25, 0.3) is 0 Å². The molecule has 0 atom stereocenters. The number of phenolic OH excluding ortho intramolecular Hbond substituents is 1. The molecule has 21 heavy (non-hydrogen) atoms. The maximum absolute atomic E-state index is 9.58. The molecule has 4 nitrogen and oxygen atoms in total. The van der Waals surface area contributed by atoms with Crippen molar-refractivity contribution in [2.45, 2.75) is 19.9 Å². The largest absolute Gasteiger partial charge is 0.508 e. The summed E-state index contributed by atoms with van der Waals surface area (Å²) in [5.41, 5.74) is 3.09. The molecule has 108 valence electrons. The Morgan fingerprint density at radius 1 is 1.19 bits per heavy atom. The van der Waals surface area contributed by atoms with Gasteiger partial charge in [0.2, 0.25) is 0 Å². The van der Waals surface area contributed by atoms with Gasteiger partial charge >= 0.3 is 0 Å². The van der Waals surface area contributed by atoms with Crippen molar-refractivity contribution in [2.24, 2.45) is 0 Å². The Morgan fingerprint density at radius 3 is 2.76 bits per heavy atom. The van der Waals surface area contributed by atoms with E-state index in [1.165, 1.54) is 0 Å². The Morgan fingerprint density at radius 2 is 2.05 bits per heavy atom.